The molecule has 2 N–H and O–H groups in total. The summed E-state index contributed by atoms with van der Waals surface area (Å²) < 4.78 is 29.9. The van der Waals surface area contributed by atoms with Gasteiger partial charge in [-0.25, -0.2) is 18.4 Å². The molecule has 1 aliphatic heterocycles. The summed E-state index contributed by atoms with van der Waals surface area (Å²) >= 11 is -0.106. The summed E-state index contributed by atoms with van der Waals surface area (Å²) in [6.07, 6.45) is 0. The zero-order valence-corrected chi connectivity index (χ0v) is 44.8. The van der Waals surface area contributed by atoms with Crippen LogP contribution in [0, 0.1) is 0 Å². The van der Waals surface area contributed by atoms with Gasteiger partial charge in [-0.2, -0.15) is 0 Å². The Morgan fingerprint density at radius 2 is 0.971 bits per heavy atom. The van der Waals surface area contributed by atoms with Crippen molar-refractivity contribution in [2.75, 3.05) is 36.1 Å². The second-order valence-corrected chi connectivity index (χ2v) is 25.9. The quantitative estimate of drug-likeness (QED) is 0.0783. The van der Waals surface area contributed by atoms with Crippen molar-refractivity contribution in [3.63, 3.8) is 0 Å². The fourth-order valence-corrected chi connectivity index (χ4v) is 13.4. The second kappa shape index (κ2) is 27.0. The second-order valence-electron chi connectivity index (χ2n) is 16.3. The van der Waals surface area contributed by atoms with Crippen molar-refractivity contribution in [3.8, 4) is 11.4 Å². The van der Waals surface area contributed by atoms with Crippen LogP contribution in [0.2, 0.25) is 0 Å². The van der Waals surface area contributed by atoms with E-state index in [9.17, 15) is 8.42 Å². The molecule has 7 nitrogen and oxygen atoms in total. The van der Waals surface area contributed by atoms with E-state index >= 15 is 0 Å². The molecule has 0 unspecified atom stereocenters. The van der Waals surface area contributed by atoms with E-state index in [1.807, 2.05) is 12.1 Å². The first-order chi connectivity index (χ1) is 33.5. The smallest absolute Gasteiger partial charge is 0.0134 e. The Labute approximate surface area is 428 Å². The molecular formula is C56H58Cl2N4O3P2PdS. The summed E-state index contributed by atoms with van der Waals surface area (Å²) in [6.45, 7) is 9.03. The summed E-state index contributed by atoms with van der Waals surface area (Å²) in [6, 6.07) is 73.9. The Morgan fingerprint density at radius 1 is 0.623 bits per heavy atom. The number of aromatic nitrogens is 2. The van der Waals surface area contributed by atoms with Crippen molar-refractivity contribution < 1.29 is 29.1 Å². The van der Waals surface area contributed by atoms with Crippen LogP contribution >= 0.6 is 34.9 Å². The molecule has 9 rings (SSSR count). The van der Waals surface area contributed by atoms with Crippen LogP contribution in [0.3, 0.4) is 0 Å². The fourth-order valence-electron chi connectivity index (χ4n) is 7.60. The third-order valence-electron chi connectivity index (χ3n) is 11.4. The number of hydrogen-bond donors (Lipinski definition) is 1. The largest absolute Gasteiger partial charge is 0.0622 e. The molecule has 0 spiro atoms. The number of nitrogen functional groups attached to an aromatic ring is 1. The number of anilines is 2. The maximum Gasteiger partial charge on any atom is -0.0134 e. The summed E-state index contributed by atoms with van der Waals surface area (Å²) in [5, 5.41) is 8.39. The molecule has 1 aromatic heterocycles. The molecule has 0 bridgehead atoms. The topological polar surface area (TPSA) is 98.4 Å². The molecule has 7 aromatic carbocycles. The van der Waals surface area contributed by atoms with Gasteiger partial charge in [-0.3, -0.25) is 0 Å². The maximum atomic E-state index is 12.8. The van der Waals surface area contributed by atoms with E-state index in [0.717, 1.165) is 5.56 Å². The number of nitrogens with two attached hydrogens (primary N) is 1. The zero-order chi connectivity index (χ0) is 49.1. The van der Waals surface area contributed by atoms with Gasteiger partial charge in [-0.1, -0.05) is 189 Å². The van der Waals surface area contributed by atoms with E-state index in [-0.39, 0.29) is 27.7 Å². The SMILES string of the molecule is CCS(=O)(=O)C(C)(C)c1cc(N2CCOC[C@@H]2C)nc(-c2ccc(N)cc2)n1.[Cl][Pd][Cl].c1ccc(P(c2ccccc2)c2ccccc2)cc1.c1ccc(P(c2ccccc2)c2ccccc2)cc1. The molecule has 1 atom stereocenters. The van der Waals surface area contributed by atoms with Crippen LogP contribution in [0.5, 0.6) is 0 Å². The van der Waals surface area contributed by atoms with Crippen LogP contribution in [0.15, 0.2) is 212 Å². The minimum atomic E-state index is -3.37. The van der Waals surface area contributed by atoms with Crippen molar-refractivity contribution in [1.82, 2.24) is 9.97 Å². The average molecular weight is 1110 g/mol. The summed E-state index contributed by atoms with van der Waals surface area (Å²) in [5.41, 5.74) is 7.74. The van der Waals surface area contributed by atoms with Crippen LogP contribution in [0.4, 0.5) is 11.5 Å². The molecule has 0 aliphatic carbocycles. The number of hydrogen-bond acceptors (Lipinski definition) is 7. The van der Waals surface area contributed by atoms with Gasteiger partial charge in [0.05, 0.1) is 24.9 Å². The molecule has 1 fully saturated rings. The van der Waals surface area contributed by atoms with E-state index in [2.05, 4.69) is 199 Å². The monoisotopic (exact) mass is 1100 g/mol. The number of ether oxygens (including phenoxy) is 1. The molecule has 13 heteroatoms. The number of rotatable bonds is 11. The Hall–Kier alpha value is -4.77. The normalized spacial score (nSPS) is 13.6. The van der Waals surface area contributed by atoms with E-state index in [0.29, 0.717) is 42.8 Å². The van der Waals surface area contributed by atoms with Gasteiger partial charge >= 0.3 is 35.0 Å². The molecule has 0 amide bonds. The predicted molar refractivity (Wildman–Crippen MR) is 294 cm³/mol. The Bertz CT molecular complexity index is 2540. The van der Waals surface area contributed by atoms with E-state index in [4.69, 9.17) is 34.5 Å². The van der Waals surface area contributed by atoms with Crippen molar-refractivity contribution in [1.29, 1.82) is 0 Å². The number of benzene rings is 7. The maximum absolute atomic E-state index is 12.8. The number of halogens is 2. The van der Waals surface area contributed by atoms with Gasteiger partial charge in [0.25, 0.3) is 0 Å². The van der Waals surface area contributed by atoms with Gasteiger partial charge in [0.1, 0.15) is 10.6 Å². The van der Waals surface area contributed by atoms with Gasteiger partial charge in [-0.05, 0) is 92.7 Å². The van der Waals surface area contributed by atoms with Crippen LogP contribution in [0.25, 0.3) is 11.4 Å². The molecule has 69 heavy (non-hydrogen) atoms. The first-order valence-corrected chi connectivity index (χ1v) is 30.9. The van der Waals surface area contributed by atoms with Crippen LogP contribution in [0.1, 0.15) is 33.4 Å². The Morgan fingerprint density at radius 3 is 1.29 bits per heavy atom. The van der Waals surface area contributed by atoms with Crippen LogP contribution in [-0.4, -0.2) is 49.9 Å². The van der Waals surface area contributed by atoms with E-state index < -0.39 is 30.4 Å². The molecule has 1 saturated heterocycles. The molecule has 360 valence electrons. The third-order valence-corrected chi connectivity index (χ3v) is 18.8. The first-order valence-electron chi connectivity index (χ1n) is 22.5. The average Bonchev–Trinajstić information content (AvgIpc) is 3.39. The molecular weight excluding hydrogens is 1050 g/mol. The van der Waals surface area contributed by atoms with Gasteiger partial charge < -0.3 is 15.4 Å². The summed E-state index contributed by atoms with van der Waals surface area (Å²) in [7, 11) is 5.36. The van der Waals surface area contributed by atoms with Gasteiger partial charge in [0.15, 0.2) is 15.7 Å². The van der Waals surface area contributed by atoms with Gasteiger partial charge in [0.2, 0.25) is 0 Å². The van der Waals surface area contributed by atoms with Gasteiger partial charge in [-0.15, -0.1) is 0 Å². The van der Waals surface area contributed by atoms with Crippen molar-refractivity contribution in [3.05, 3.63) is 218 Å². The van der Waals surface area contributed by atoms with Crippen LogP contribution < -0.4 is 42.5 Å². The molecule has 0 saturated carbocycles. The molecule has 8 aromatic rings. The number of morpholine rings is 1. The minimum absolute atomic E-state index is 0.0461. The summed E-state index contributed by atoms with van der Waals surface area (Å²) in [5.74, 6) is 1.25. The predicted octanol–water partition coefficient (Wildman–Crippen LogP) is 10.9. The molecule has 1 aliphatic rings. The zero-order valence-electron chi connectivity index (χ0n) is 39.1. The fraction of sp³-hybridized carbons (Fsp3) is 0.179. The number of sulfone groups is 1. The Balaban J connectivity index is 0.000000169. The summed E-state index contributed by atoms with van der Waals surface area (Å²) in [4.78, 5) is 11.5. The van der Waals surface area contributed by atoms with E-state index in [1.54, 1.807) is 39.0 Å². The van der Waals surface area contributed by atoms with Crippen LogP contribution in [-0.2, 0) is 35.3 Å². The van der Waals surface area contributed by atoms with Gasteiger partial charge in [0, 0.05) is 29.6 Å². The van der Waals surface area contributed by atoms with Crippen molar-refractivity contribution in [2.24, 2.45) is 0 Å². The standard InChI is InChI=1S/C20H28N4O3S.2C18H15P.2ClH.Pd/c1-5-28(25,26)20(3,4)17-12-18(24-10-11-27-13-14(24)2)23-19(22-17)15-6-8-16(21)9-7-15;2*1-4-10-16(11-5-1)19(17-12-6-2-7-13-17)18-14-8-3-9-15-18;;;/h6-9,12,14H,5,10-11,13,21H2,1-4H3;2*1-15H;2*1H;/q;;;;;+2/p-2/t14-;;;;;/m0...../s1. The minimum Gasteiger partial charge on any atom is -0.0622 e. The van der Waals surface area contributed by atoms with E-state index in [1.165, 1.54) is 31.8 Å². The number of nitrogens with zero attached hydrogens (tertiary/aromatic N) is 3. The van der Waals surface area contributed by atoms with Crippen molar-refractivity contribution >= 4 is 88.1 Å². The molecule has 2 heterocycles. The van der Waals surface area contributed by atoms with Crippen molar-refractivity contribution in [2.45, 2.75) is 38.5 Å². The third kappa shape index (κ3) is 14.9. The molecule has 0 radical (unpaired) electrons. The first kappa shape index (κ1) is 53.6. The Kier molecular flexibility index (Phi) is 21.0.